The van der Waals surface area contributed by atoms with E-state index in [1.165, 1.54) is 0 Å². The topological polar surface area (TPSA) is 310 Å². The van der Waals surface area contributed by atoms with Crippen molar-refractivity contribution in [3.63, 3.8) is 0 Å². The summed E-state index contributed by atoms with van der Waals surface area (Å²) in [5.41, 5.74) is 0. The highest BCUT2D eigenvalue weighted by Gasteiger charge is 2.19. The van der Waals surface area contributed by atoms with Crippen molar-refractivity contribution in [1.29, 1.82) is 0 Å². The van der Waals surface area contributed by atoms with E-state index in [2.05, 4.69) is 0 Å². The lowest BCUT2D eigenvalue weighted by Gasteiger charge is -2.24. The third-order valence-corrected chi connectivity index (χ3v) is 17.3. The fourth-order valence-corrected chi connectivity index (χ4v) is 14.4. The van der Waals surface area contributed by atoms with E-state index in [9.17, 15) is 72.3 Å². The van der Waals surface area contributed by atoms with Crippen molar-refractivity contribution in [2.24, 2.45) is 23.7 Å². The molecule has 4 unspecified atom stereocenters. The molecule has 0 radical (unpaired) electrons. The molecule has 0 spiro atoms. The molecule has 16 nitrogen and oxygen atoms in total. The Labute approximate surface area is 295 Å². The minimum Gasteiger partial charge on any atom is -0.748 e. The van der Waals surface area contributed by atoms with Gasteiger partial charge in [-0.3, -0.25) is 0 Å². The van der Waals surface area contributed by atoms with E-state index in [4.69, 9.17) is 0 Å². The lowest BCUT2D eigenvalue weighted by Crippen LogP contribution is -2.20. The van der Waals surface area contributed by atoms with Crippen molar-refractivity contribution in [3.8, 4) is 0 Å². The highest BCUT2D eigenvalue weighted by molar-refractivity contribution is 7.86. The standard InChI is InChI=1S/C27H58O16P2S4/c28-16-24(20-46(32,33)34)6-1-10-44(11-2-7-25(17-29)21-47(35,36)37)14-5-15-45(12-3-8-26(18-30)22-48(38,39)40)13-4-9-27(19-31)23-49(41,42)43/h24-31H,1-23H2,(H,32,33,34)(H,35,36,37)(H,38,39,40)(H,41,42,43)/p-4. The first-order valence-corrected chi connectivity index (χ1v) is 26.3. The van der Waals surface area contributed by atoms with Crippen LogP contribution >= 0.6 is 15.8 Å². The van der Waals surface area contributed by atoms with E-state index in [-0.39, 0.29) is 0 Å². The highest BCUT2D eigenvalue weighted by Crippen LogP contribution is 2.44. The van der Waals surface area contributed by atoms with Gasteiger partial charge in [0, 0.05) is 49.4 Å². The van der Waals surface area contributed by atoms with Crippen molar-refractivity contribution < 1.29 is 72.3 Å². The van der Waals surface area contributed by atoms with Crippen LogP contribution in [0.5, 0.6) is 0 Å². The molecular weight excluding hydrogens is 770 g/mol. The second kappa shape index (κ2) is 25.4. The predicted octanol–water partition coefficient (Wildman–Crippen LogP) is 0.0759. The van der Waals surface area contributed by atoms with Crippen LogP contribution < -0.4 is 0 Å². The molecule has 0 rings (SSSR count). The van der Waals surface area contributed by atoms with Gasteiger partial charge in [0.2, 0.25) is 0 Å². The minimum atomic E-state index is -4.52. The number of hydrogen-bond acceptors (Lipinski definition) is 16. The van der Waals surface area contributed by atoms with Gasteiger partial charge in [-0.2, -0.15) is 0 Å². The van der Waals surface area contributed by atoms with Crippen molar-refractivity contribution in [3.05, 3.63) is 0 Å². The first-order valence-electron chi connectivity index (χ1n) is 16.2. The van der Waals surface area contributed by atoms with E-state index in [1.807, 2.05) is 0 Å². The average Bonchev–Trinajstić information content (AvgIpc) is 2.95. The Kier molecular flexibility index (Phi) is 25.6. The Morgan fingerprint density at radius 2 is 0.551 bits per heavy atom. The minimum absolute atomic E-state index is 0.313. The quantitative estimate of drug-likeness (QED) is 0.0515. The number of rotatable bonds is 32. The van der Waals surface area contributed by atoms with Crippen LogP contribution in [0.15, 0.2) is 0 Å². The summed E-state index contributed by atoms with van der Waals surface area (Å²) in [5, 5.41) is 38.1. The Morgan fingerprint density at radius 1 is 0.367 bits per heavy atom. The van der Waals surface area contributed by atoms with E-state index in [0.717, 1.165) is 18.7 Å². The Bertz CT molecular complexity index is 1120. The molecule has 0 aromatic heterocycles. The summed E-state index contributed by atoms with van der Waals surface area (Å²) in [4.78, 5) is 0. The molecule has 0 aliphatic heterocycles. The molecule has 296 valence electrons. The van der Waals surface area contributed by atoms with Crippen molar-refractivity contribution in [2.45, 2.75) is 57.8 Å². The molecule has 4 N–H and O–H groups in total. The number of hydrogen-bond donors (Lipinski definition) is 4. The maximum Gasteiger partial charge on any atom is 0.0949 e. The molecule has 0 aromatic rings. The van der Waals surface area contributed by atoms with Crippen molar-refractivity contribution >= 4 is 56.3 Å². The van der Waals surface area contributed by atoms with Crippen molar-refractivity contribution in [1.82, 2.24) is 0 Å². The lowest BCUT2D eigenvalue weighted by atomic mass is 10.1. The van der Waals surface area contributed by atoms with Crippen molar-refractivity contribution in [2.75, 3.05) is 86.4 Å². The van der Waals surface area contributed by atoms with Crippen LogP contribution in [-0.4, -0.2) is 159 Å². The van der Waals surface area contributed by atoms with Crippen LogP contribution in [0, 0.1) is 23.7 Å². The number of aliphatic hydroxyl groups is 4. The molecule has 22 heteroatoms. The summed E-state index contributed by atoms with van der Waals surface area (Å²) in [5.74, 6) is -5.52. The Balaban J connectivity index is 5.51. The van der Waals surface area contributed by atoms with Crippen LogP contribution in [0.2, 0.25) is 0 Å². The molecule has 0 saturated carbocycles. The third kappa shape index (κ3) is 30.5. The zero-order chi connectivity index (χ0) is 37.7. The summed E-state index contributed by atoms with van der Waals surface area (Å²) in [6.45, 7) is -1.83. The van der Waals surface area contributed by atoms with Crippen LogP contribution in [0.1, 0.15) is 57.8 Å². The fraction of sp³-hybridized carbons (Fsp3) is 1.00. The molecule has 0 saturated heterocycles. The van der Waals surface area contributed by atoms with Gasteiger partial charge in [-0.1, -0.05) is 0 Å². The normalized spacial score (nSPS) is 17.0. The molecule has 0 heterocycles. The van der Waals surface area contributed by atoms with Gasteiger partial charge < -0.3 is 38.6 Å². The largest absolute Gasteiger partial charge is 0.748 e. The molecule has 0 aliphatic rings. The molecule has 0 aromatic carbocycles. The van der Waals surface area contributed by atoms with E-state index < -0.39 is 129 Å². The van der Waals surface area contributed by atoms with Crippen LogP contribution in [-0.2, 0) is 40.5 Å². The van der Waals surface area contributed by atoms with E-state index >= 15 is 0 Å². The monoisotopic (exact) mass is 824 g/mol. The smallest absolute Gasteiger partial charge is 0.0949 e. The molecular formula is C27H54O16P2S4-4. The summed E-state index contributed by atoms with van der Waals surface area (Å²) < 4.78 is 134. The van der Waals surface area contributed by atoms with Gasteiger partial charge in [0.25, 0.3) is 0 Å². The first-order chi connectivity index (χ1) is 22.6. The van der Waals surface area contributed by atoms with Gasteiger partial charge in [-0.25, -0.2) is 33.7 Å². The maximum absolute atomic E-state index is 11.2. The molecule has 0 fully saturated rings. The number of aliphatic hydroxyl groups excluding tert-OH is 4. The van der Waals surface area contributed by atoms with E-state index in [0.29, 0.717) is 76.0 Å². The molecule has 0 bridgehead atoms. The average molecular weight is 825 g/mol. The first kappa shape index (κ1) is 49.3. The Hall–Kier alpha value is 0.340. The second-order valence-electron chi connectivity index (χ2n) is 12.7. The van der Waals surface area contributed by atoms with Gasteiger partial charge in [-0.05, 0) is 118 Å². The van der Waals surface area contributed by atoms with E-state index in [1.54, 1.807) is 0 Å². The third-order valence-electron chi connectivity index (χ3n) is 8.09. The van der Waals surface area contributed by atoms with Crippen LogP contribution in [0.4, 0.5) is 0 Å². The fourth-order valence-electron chi connectivity index (χ4n) is 5.67. The van der Waals surface area contributed by atoms with Gasteiger partial charge in [0.1, 0.15) is 0 Å². The predicted molar refractivity (Wildman–Crippen MR) is 185 cm³/mol. The molecule has 0 aliphatic carbocycles. The Morgan fingerprint density at radius 3 is 0.714 bits per heavy atom. The van der Waals surface area contributed by atoms with Gasteiger partial charge in [-0.15, -0.1) is 15.8 Å². The van der Waals surface area contributed by atoms with Gasteiger partial charge >= 0.3 is 0 Å². The van der Waals surface area contributed by atoms with Gasteiger partial charge in [0.15, 0.2) is 0 Å². The second-order valence-corrected chi connectivity index (χ2v) is 23.9. The van der Waals surface area contributed by atoms with Crippen LogP contribution in [0.3, 0.4) is 0 Å². The van der Waals surface area contributed by atoms with Gasteiger partial charge in [0.05, 0.1) is 40.5 Å². The summed E-state index contributed by atoms with van der Waals surface area (Å²) in [7, 11) is -19.5. The summed E-state index contributed by atoms with van der Waals surface area (Å²) in [6, 6.07) is 0. The molecule has 49 heavy (non-hydrogen) atoms. The summed E-state index contributed by atoms with van der Waals surface area (Å²) in [6.07, 6.45) is 8.40. The highest BCUT2D eigenvalue weighted by atomic mass is 32.2. The zero-order valence-electron chi connectivity index (χ0n) is 27.8. The summed E-state index contributed by atoms with van der Waals surface area (Å²) >= 11 is 0. The molecule has 0 amide bonds. The van der Waals surface area contributed by atoms with Crippen LogP contribution in [0.25, 0.3) is 0 Å². The SMILES string of the molecule is O=S(=O)([O-])CC(CO)CCCP(CCCC(CO)CS(=O)(=O)[O-])CCCP(CCCC(CO)CS(=O)(=O)[O-])CCCC(CO)CS(=O)(=O)[O-]. The lowest BCUT2D eigenvalue weighted by molar-refractivity contribution is 0.228. The molecule has 4 atom stereocenters. The zero-order valence-corrected chi connectivity index (χ0v) is 32.8. The maximum atomic E-state index is 11.2.